The molecule has 4 aromatic rings. The molecule has 2 saturated heterocycles. The van der Waals surface area contributed by atoms with Crippen LogP contribution in [0.1, 0.15) is 41.6 Å². The maximum atomic E-state index is 12.8. The minimum absolute atomic E-state index is 0.0973. The highest BCUT2D eigenvalue weighted by Crippen LogP contribution is 2.40. The average molecular weight is 468 g/mol. The summed E-state index contributed by atoms with van der Waals surface area (Å²) >= 11 is 0. The molecule has 3 aliphatic heterocycles. The van der Waals surface area contributed by atoms with Crippen LogP contribution in [0.15, 0.2) is 55.2 Å². The number of anilines is 3. The van der Waals surface area contributed by atoms with Crippen LogP contribution in [-0.4, -0.2) is 48.6 Å². The second-order valence-corrected chi connectivity index (χ2v) is 9.59. The molecule has 176 valence electrons. The summed E-state index contributed by atoms with van der Waals surface area (Å²) < 4.78 is 1.98. The maximum absolute atomic E-state index is 12.8. The number of hydrogen-bond donors (Lipinski definition) is 3. The van der Waals surface area contributed by atoms with Crippen molar-refractivity contribution < 1.29 is 9.90 Å². The summed E-state index contributed by atoms with van der Waals surface area (Å²) in [4.78, 5) is 28.5. The third-order valence-corrected chi connectivity index (χ3v) is 7.58. The molecule has 2 fully saturated rings. The fourth-order valence-corrected chi connectivity index (χ4v) is 6.05. The summed E-state index contributed by atoms with van der Waals surface area (Å²) in [6.45, 7) is 0.466. The van der Waals surface area contributed by atoms with Gasteiger partial charge in [0.25, 0.3) is 5.91 Å². The van der Waals surface area contributed by atoms with Gasteiger partial charge in [-0.05, 0) is 49.4 Å². The number of aromatic nitrogens is 4. The molecule has 9 heteroatoms. The summed E-state index contributed by atoms with van der Waals surface area (Å²) in [6, 6.07) is 8.78. The molecular formula is C26H25N7O2. The lowest BCUT2D eigenvalue weighted by molar-refractivity contribution is 0.0966. The predicted molar refractivity (Wildman–Crippen MR) is 132 cm³/mol. The molecule has 0 spiro atoms. The van der Waals surface area contributed by atoms with Gasteiger partial charge in [-0.25, -0.2) is 9.97 Å². The normalized spacial score (nSPS) is 22.9. The monoisotopic (exact) mass is 467 g/mol. The van der Waals surface area contributed by atoms with E-state index in [9.17, 15) is 9.90 Å². The molecule has 9 nitrogen and oxygen atoms in total. The number of nitrogens with one attached hydrogen (secondary N) is 2. The van der Waals surface area contributed by atoms with Crippen LogP contribution in [0.5, 0.6) is 0 Å². The SMILES string of the molecule is O=C1NCc2c(-c3cnc4cnccn34)ccc(Nc3ccc(N4[C@@H]5CC[C@H]4C[C@H](O)C5)cn3)c21. The second-order valence-electron chi connectivity index (χ2n) is 9.59. The van der Waals surface area contributed by atoms with Crippen molar-refractivity contribution >= 4 is 28.7 Å². The Hall–Kier alpha value is -3.98. The van der Waals surface area contributed by atoms with E-state index >= 15 is 0 Å². The third-order valence-electron chi connectivity index (χ3n) is 7.58. The first-order valence-corrected chi connectivity index (χ1v) is 12.1. The Morgan fingerprint density at radius 3 is 2.69 bits per heavy atom. The van der Waals surface area contributed by atoms with E-state index in [1.54, 1.807) is 12.4 Å². The highest BCUT2D eigenvalue weighted by molar-refractivity contribution is 6.06. The van der Waals surface area contributed by atoms with Crippen molar-refractivity contribution in [2.45, 2.75) is 50.4 Å². The van der Waals surface area contributed by atoms with Gasteiger partial charge in [0.05, 0.1) is 47.3 Å². The Balaban J connectivity index is 1.19. The standard InChI is InChI=1S/C26H25N7O2/c34-18-9-15-1-2-16(10-18)33(15)17-3-6-23(28-11-17)31-21-5-4-19(20-12-30-26(35)25(20)21)22-13-29-24-14-27-7-8-32(22)24/h3-8,11,13-16,18,34H,1-2,9-10,12H2,(H,28,31)(H,30,35)/t15-,16+,18-. The van der Waals surface area contributed by atoms with Gasteiger partial charge in [0.2, 0.25) is 0 Å². The molecule has 1 aromatic carbocycles. The molecule has 1 amide bonds. The summed E-state index contributed by atoms with van der Waals surface area (Å²) in [5, 5.41) is 16.4. The zero-order chi connectivity index (χ0) is 23.5. The summed E-state index contributed by atoms with van der Waals surface area (Å²) in [7, 11) is 0. The average Bonchev–Trinajstić information content (AvgIpc) is 3.55. The fourth-order valence-electron chi connectivity index (χ4n) is 6.05. The first kappa shape index (κ1) is 20.4. The number of pyridine rings is 1. The van der Waals surface area contributed by atoms with Gasteiger partial charge in [-0.15, -0.1) is 0 Å². The topological polar surface area (TPSA) is 108 Å². The summed E-state index contributed by atoms with van der Waals surface area (Å²) in [6.07, 6.45) is 12.7. The fraction of sp³-hybridized carbons (Fsp3) is 0.308. The number of amides is 1. The largest absolute Gasteiger partial charge is 0.393 e. The highest BCUT2D eigenvalue weighted by Gasteiger charge is 2.40. The van der Waals surface area contributed by atoms with Crippen molar-refractivity contribution in [3.63, 3.8) is 0 Å². The Bertz CT molecular complexity index is 1430. The zero-order valence-corrected chi connectivity index (χ0v) is 19.1. The number of nitrogens with zero attached hydrogens (tertiary/aromatic N) is 5. The lowest BCUT2D eigenvalue weighted by atomic mass is 9.99. The number of carbonyl (C=O) groups excluding carboxylic acids is 1. The number of hydrogen-bond acceptors (Lipinski definition) is 7. The van der Waals surface area contributed by atoms with E-state index in [1.807, 2.05) is 41.2 Å². The Labute approximate surface area is 201 Å². The molecule has 0 radical (unpaired) electrons. The lowest BCUT2D eigenvalue weighted by Gasteiger charge is -2.38. The third kappa shape index (κ3) is 3.26. The Kier molecular flexibility index (Phi) is 4.53. The van der Waals surface area contributed by atoms with Gasteiger partial charge in [0.15, 0.2) is 5.65 Å². The molecular weight excluding hydrogens is 442 g/mol. The zero-order valence-electron chi connectivity index (χ0n) is 19.1. The van der Waals surface area contributed by atoms with E-state index in [1.165, 1.54) is 0 Å². The first-order chi connectivity index (χ1) is 17.2. The van der Waals surface area contributed by atoms with Gasteiger partial charge in [0.1, 0.15) is 5.82 Å². The van der Waals surface area contributed by atoms with Crippen LogP contribution in [0.2, 0.25) is 0 Å². The van der Waals surface area contributed by atoms with Crippen LogP contribution in [0.4, 0.5) is 17.2 Å². The highest BCUT2D eigenvalue weighted by atomic mass is 16.3. The van der Waals surface area contributed by atoms with Crippen molar-refractivity contribution in [1.82, 2.24) is 24.7 Å². The van der Waals surface area contributed by atoms with Crippen molar-refractivity contribution in [3.05, 3.63) is 66.4 Å². The van der Waals surface area contributed by atoms with E-state index in [4.69, 9.17) is 0 Å². The molecule has 3 atom stereocenters. The molecule has 3 aliphatic rings. The van der Waals surface area contributed by atoms with Gasteiger partial charge in [-0.1, -0.05) is 6.07 Å². The van der Waals surface area contributed by atoms with Crippen molar-refractivity contribution in [1.29, 1.82) is 0 Å². The van der Waals surface area contributed by atoms with Gasteiger partial charge >= 0.3 is 0 Å². The Morgan fingerprint density at radius 2 is 1.89 bits per heavy atom. The van der Waals surface area contributed by atoms with E-state index in [-0.39, 0.29) is 12.0 Å². The number of imidazole rings is 1. The minimum Gasteiger partial charge on any atom is -0.393 e. The van der Waals surface area contributed by atoms with Crippen LogP contribution in [0.3, 0.4) is 0 Å². The molecule has 0 unspecified atom stereocenters. The van der Waals surface area contributed by atoms with Crippen LogP contribution < -0.4 is 15.5 Å². The number of aliphatic hydroxyl groups is 1. The van der Waals surface area contributed by atoms with E-state index in [2.05, 4.69) is 36.6 Å². The molecule has 3 N–H and O–H groups in total. The van der Waals surface area contributed by atoms with Crippen molar-refractivity contribution in [2.75, 3.05) is 10.2 Å². The molecule has 0 aliphatic carbocycles. The maximum Gasteiger partial charge on any atom is 0.254 e. The summed E-state index contributed by atoms with van der Waals surface area (Å²) in [5.41, 5.74) is 6.06. The number of rotatable bonds is 4. The predicted octanol–water partition coefficient (Wildman–Crippen LogP) is 3.27. The number of carbonyl (C=O) groups is 1. The number of piperidine rings is 1. The first-order valence-electron chi connectivity index (χ1n) is 12.1. The van der Waals surface area contributed by atoms with Gasteiger partial charge in [-0.3, -0.25) is 14.2 Å². The van der Waals surface area contributed by atoms with Crippen LogP contribution >= 0.6 is 0 Å². The van der Waals surface area contributed by atoms with E-state index < -0.39 is 0 Å². The van der Waals surface area contributed by atoms with E-state index in [0.717, 1.165) is 59.5 Å². The molecule has 2 bridgehead atoms. The van der Waals surface area contributed by atoms with Gasteiger partial charge < -0.3 is 20.6 Å². The molecule has 6 heterocycles. The van der Waals surface area contributed by atoms with E-state index in [0.29, 0.717) is 30.0 Å². The van der Waals surface area contributed by atoms with Crippen molar-refractivity contribution in [3.8, 4) is 11.3 Å². The smallest absolute Gasteiger partial charge is 0.254 e. The number of fused-ring (bicyclic) bond motifs is 4. The molecule has 35 heavy (non-hydrogen) atoms. The second kappa shape index (κ2) is 7.78. The lowest BCUT2D eigenvalue weighted by Crippen LogP contribution is -2.44. The summed E-state index contributed by atoms with van der Waals surface area (Å²) in [5.74, 6) is 0.591. The van der Waals surface area contributed by atoms with Crippen LogP contribution in [0, 0.1) is 0 Å². The molecule has 7 rings (SSSR count). The quantitative estimate of drug-likeness (QED) is 0.423. The Morgan fingerprint density at radius 1 is 1.03 bits per heavy atom. The van der Waals surface area contributed by atoms with Crippen LogP contribution in [0.25, 0.3) is 16.9 Å². The molecule has 0 saturated carbocycles. The minimum atomic E-state index is -0.189. The van der Waals surface area contributed by atoms with Crippen LogP contribution in [-0.2, 0) is 6.54 Å². The molecule has 3 aromatic heterocycles. The van der Waals surface area contributed by atoms with Gasteiger partial charge in [0, 0.05) is 36.6 Å². The van der Waals surface area contributed by atoms with Gasteiger partial charge in [-0.2, -0.15) is 0 Å². The number of benzene rings is 1. The van der Waals surface area contributed by atoms with Crippen molar-refractivity contribution in [2.24, 2.45) is 0 Å². The number of aliphatic hydroxyl groups excluding tert-OH is 1.